The zero-order valence-corrected chi connectivity index (χ0v) is 17.9. The van der Waals surface area contributed by atoms with Crippen molar-refractivity contribution in [1.29, 1.82) is 0 Å². The number of hydrogen-bond acceptors (Lipinski definition) is 5. The van der Waals surface area contributed by atoms with Crippen molar-refractivity contribution in [2.45, 2.75) is 19.3 Å². The number of benzene rings is 2. The molecule has 1 N–H and O–H groups in total. The highest BCUT2D eigenvalue weighted by atomic mass is 32.1. The molecular weight excluding hydrogens is 417 g/mol. The van der Waals surface area contributed by atoms with E-state index >= 15 is 0 Å². The van der Waals surface area contributed by atoms with Crippen molar-refractivity contribution in [3.05, 3.63) is 59.4 Å². The fraction of sp³-hybridized carbons (Fsp3) is 0.261. The summed E-state index contributed by atoms with van der Waals surface area (Å²) >= 11 is 5.13. The van der Waals surface area contributed by atoms with E-state index in [0.717, 1.165) is 36.5 Å². The Morgan fingerprint density at radius 3 is 2.55 bits per heavy atom. The lowest BCUT2D eigenvalue weighted by atomic mass is 10.0. The van der Waals surface area contributed by atoms with Crippen LogP contribution in [0.1, 0.15) is 24.8 Å². The van der Waals surface area contributed by atoms with Crippen LogP contribution in [-0.4, -0.2) is 37.1 Å². The number of para-hydroxylation sites is 1. The number of hydrogen-bond donors (Lipinski definition) is 1. The first-order valence-corrected chi connectivity index (χ1v) is 10.5. The predicted molar refractivity (Wildman–Crippen MR) is 122 cm³/mol. The molecule has 2 aliphatic heterocycles. The van der Waals surface area contributed by atoms with Crippen LogP contribution in [0.4, 0.5) is 15.8 Å². The first kappa shape index (κ1) is 21.0. The van der Waals surface area contributed by atoms with Gasteiger partial charge in [-0.05, 0) is 61.8 Å². The summed E-state index contributed by atoms with van der Waals surface area (Å²) < 4.78 is 19.8. The summed E-state index contributed by atoms with van der Waals surface area (Å²) in [5.41, 5.74) is 1.44. The molecule has 2 aliphatic rings. The summed E-state index contributed by atoms with van der Waals surface area (Å²) in [5, 5.41) is 2.31. The third-order valence-corrected chi connectivity index (χ3v) is 5.72. The number of amides is 2. The molecule has 160 valence electrons. The molecule has 0 aromatic heterocycles. The number of carbonyl (C=O) groups excluding carboxylic acids is 2. The SMILES string of the molecule is COc1cc(N2CCCCC2)ccc1/C=C1\C(=O)NC(=S)N(c2ccccc2F)C1=O. The fourth-order valence-corrected chi connectivity index (χ4v) is 4.11. The number of methoxy groups -OCH3 is 1. The van der Waals surface area contributed by atoms with E-state index in [2.05, 4.69) is 10.2 Å². The summed E-state index contributed by atoms with van der Waals surface area (Å²) in [6.07, 6.45) is 4.98. The third kappa shape index (κ3) is 4.16. The Hall–Kier alpha value is -3.26. The number of rotatable bonds is 4. The molecule has 8 heteroatoms. The number of halogens is 1. The Morgan fingerprint density at radius 2 is 1.84 bits per heavy atom. The van der Waals surface area contributed by atoms with E-state index < -0.39 is 17.6 Å². The molecule has 0 radical (unpaired) electrons. The fourth-order valence-electron chi connectivity index (χ4n) is 3.83. The van der Waals surface area contributed by atoms with Crippen LogP contribution in [0.15, 0.2) is 48.0 Å². The molecule has 2 heterocycles. The monoisotopic (exact) mass is 439 g/mol. The van der Waals surface area contributed by atoms with Crippen molar-refractivity contribution in [3.63, 3.8) is 0 Å². The second kappa shape index (κ2) is 8.85. The Bertz CT molecular complexity index is 1080. The summed E-state index contributed by atoms with van der Waals surface area (Å²) in [7, 11) is 1.54. The second-order valence-corrected chi connectivity index (χ2v) is 7.77. The van der Waals surface area contributed by atoms with Crippen LogP contribution in [0, 0.1) is 5.82 Å². The van der Waals surface area contributed by atoms with Crippen molar-refractivity contribution >= 4 is 46.6 Å². The van der Waals surface area contributed by atoms with Crippen molar-refractivity contribution in [2.75, 3.05) is 30.0 Å². The molecule has 2 aromatic rings. The lowest BCUT2D eigenvalue weighted by Gasteiger charge is -2.30. The van der Waals surface area contributed by atoms with Gasteiger partial charge in [-0.3, -0.25) is 14.9 Å². The molecule has 0 bridgehead atoms. The predicted octanol–water partition coefficient (Wildman–Crippen LogP) is 3.66. The van der Waals surface area contributed by atoms with Crippen LogP contribution in [-0.2, 0) is 9.59 Å². The number of nitrogens with one attached hydrogen (secondary N) is 1. The minimum Gasteiger partial charge on any atom is -0.496 e. The van der Waals surface area contributed by atoms with Gasteiger partial charge in [0.2, 0.25) is 0 Å². The van der Waals surface area contributed by atoms with Gasteiger partial charge in [-0.15, -0.1) is 0 Å². The van der Waals surface area contributed by atoms with Crippen molar-refractivity contribution in [1.82, 2.24) is 5.32 Å². The maximum atomic E-state index is 14.3. The standard InChI is InChI=1S/C23H22FN3O3S/c1-30-20-14-16(26-11-5-2-6-12-26)10-9-15(20)13-17-21(28)25-23(31)27(22(17)29)19-8-4-3-7-18(19)24/h3-4,7-10,13-14H,2,5-6,11-12H2,1H3,(H,25,28,31)/b17-13+. The van der Waals surface area contributed by atoms with Gasteiger partial charge in [0.15, 0.2) is 5.11 Å². The highest BCUT2D eigenvalue weighted by Gasteiger charge is 2.35. The molecule has 0 atom stereocenters. The molecule has 0 aliphatic carbocycles. The molecule has 2 aromatic carbocycles. The smallest absolute Gasteiger partial charge is 0.270 e. The van der Waals surface area contributed by atoms with Gasteiger partial charge in [0.1, 0.15) is 17.1 Å². The largest absolute Gasteiger partial charge is 0.496 e. The highest BCUT2D eigenvalue weighted by molar-refractivity contribution is 7.80. The maximum absolute atomic E-state index is 14.3. The molecule has 0 unspecified atom stereocenters. The lowest BCUT2D eigenvalue weighted by molar-refractivity contribution is -0.122. The highest BCUT2D eigenvalue weighted by Crippen LogP contribution is 2.31. The zero-order valence-electron chi connectivity index (χ0n) is 17.1. The van der Waals surface area contributed by atoms with Crippen molar-refractivity contribution in [2.24, 2.45) is 0 Å². The molecule has 0 saturated carbocycles. The summed E-state index contributed by atoms with van der Waals surface area (Å²) in [6, 6.07) is 11.4. The Balaban J connectivity index is 1.69. The summed E-state index contributed by atoms with van der Waals surface area (Å²) in [4.78, 5) is 28.9. The number of thiocarbonyl (C=S) groups is 1. The van der Waals surface area contributed by atoms with Gasteiger partial charge < -0.3 is 9.64 Å². The van der Waals surface area contributed by atoms with Crippen LogP contribution in [0.5, 0.6) is 5.75 Å². The summed E-state index contributed by atoms with van der Waals surface area (Å²) in [6.45, 7) is 1.97. The topological polar surface area (TPSA) is 61.9 Å². The van der Waals surface area contributed by atoms with Gasteiger partial charge in [0.25, 0.3) is 11.8 Å². The van der Waals surface area contributed by atoms with E-state index in [9.17, 15) is 14.0 Å². The van der Waals surface area contributed by atoms with E-state index in [1.807, 2.05) is 18.2 Å². The molecule has 6 nitrogen and oxygen atoms in total. The minimum atomic E-state index is -0.694. The second-order valence-electron chi connectivity index (χ2n) is 7.38. The number of piperidine rings is 1. The van der Waals surface area contributed by atoms with Gasteiger partial charge in [0.05, 0.1) is 12.8 Å². The van der Waals surface area contributed by atoms with E-state index in [1.165, 1.54) is 30.7 Å². The molecule has 2 fully saturated rings. The number of ether oxygens (including phenoxy) is 1. The van der Waals surface area contributed by atoms with Crippen molar-refractivity contribution < 1.29 is 18.7 Å². The van der Waals surface area contributed by atoms with Gasteiger partial charge >= 0.3 is 0 Å². The van der Waals surface area contributed by atoms with Crippen LogP contribution in [0.3, 0.4) is 0 Å². The Morgan fingerprint density at radius 1 is 1.10 bits per heavy atom. The normalized spacial score (nSPS) is 18.4. The quantitative estimate of drug-likeness (QED) is 0.448. The minimum absolute atomic E-state index is 0.0178. The zero-order chi connectivity index (χ0) is 22.0. The van der Waals surface area contributed by atoms with E-state index in [0.29, 0.717) is 11.3 Å². The Labute approximate surface area is 185 Å². The first-order chi connectivity index (χ1) is 15.0. The van der Waals surface area contributed by atoms with Crippen LogP contribution < -0.4 is 19.9 Å². The van der Waals surface area contributed by atoms with Crippen molar-refractivity contribution in [3.8, 4) is 5.75 Å². The van der Waals surface area contributed by atoms with Crippen LogP contribution >= 0.6 is 12.2 Å². The maximum Gasteiger partial charge on any atom is 0.270 e. The molecule has 0 spiro atoms. The molecular formula is C23H22FN3O3S. The van der Waals surface area contributed by atoms with E-state index in [-0.39, 0.29) is 16.4 Å². The Kier molecular flexibility index (Phi) is 5.99. The molecule has 2 saturated heterocycles. The van der Waals surface area contributed by atoms with E-state index in [1.54, 1.807) is 13.2 Å². The average Bonchev–Trinajstić information content (AvgIpc) is 2.78. The molecule has 4 rings (SSSR count). The van der Waals surface area contributed by atoms with Gasteiger partial charge in [-0.1, -0.05) is 12.1 Å². The number of carbonyl (C=O) groups is 2. The van der Waals surface area contributed by atoms with Gasteiger partial charge in [0, 0.05) is 30.4 Å². The van der Waals surface area contributed by atoms with Gasteiger partial charge in [-0.25, -0.2) is 9.29 Å². The molecule has 31 heavy (non-hydrogen) atoms. The summed E-state index contributed by atoms with van der Waals surface area (Å²) in [5.74, 6) is -1.40. The molecule has 2 amide bonds. The average molecular weight is 440 g/mol. The van der Waals surface area contributed by atoms with Crippen LogP contribution in [0.25, 0.3) is 6.08 Å². The third-order valence-electron chi connectivity index (χ3n) is 5.43. The lowest BCUT2D eigenvalue weighted by Crippen LogP contribution is -2.54. The van der Waals surface area contributed by atoms with Crippen LogP contribution in [0.2, 0.25) is 0 Å². The van der Waals surface area contributed by atoms with E-state index in [4.69, 9.17) is 17.0 Å². The number of nitrogens with zero attached hydrogens (tertiary/aromatic N) is 2. The number of anilines is 2. The van der Waals surface area contributed by atoms with Gasteiger partial charge in [-0.2, -0.15) is 0 Å². The first-order valence-electron chi connectivity index (χ1n) is 10.1.